The Balaban J connectivity index is 2.42. The molecule has 2 aromatic rings. The molecule has 1 aliphatic rings. The van der Waals surface area contributed by atoms with Crippen molar-refractivity contribution in [3.05, 3.63) is 47.0 Å². The highest BCUT2D eigenvalue weighted by Crippen LogP contribution is 2.30. The number of aliphatic hydroxyl groups is 1. The largest absolute Gasteiger partial charge is 0.432 e. The topological polar surface area (TPSA) is 63.6 Å². The van der Waals surface area contributed by atoms with Crippen LogP contribution in [0.2, 0.25) is 0 Å². The lowest BCUT2D eigenvalue weighted by Gasteiger charge is -2.23. The highest BCUT2D eigenvalue weighted by atomic mass is 16.6. The van der Waals surface area contributed by atoms with Crippen LogP contribution in [0.1, 0.15) is 26.3 Å². The molecule has 18 heavy (non-hydrogen) atoms. The Morgan fingerprint density at radius 3 is 2.89 bits per heavy atom. The summed E-state index contributed by atoms with van der Waals surface area (Å²) in [6.07, 6.45) is -0.318. The van der Waals surface area contributed by atoms with Gasteiger partial charge in [0.05, 0.1) is 5.56 Å². The molecule has 0 bridgehead atoms. The third-order valence-electron chi connectivity index (χ3n) is 3.14. The van der Waals surface area contributed by atoms with Crippen LogP contribution in [0, 0.1) is 0 Å². The summed E-state index contributed by atoms with van der Waals surface area (Å²) < 4.78 is 4.82. The maximum absolute atomic E-state index is 11.9. The van der Waals surface area contributed by atoms with Gasteiger partial charge in [0.1, 0.15) is 6.29 Å². The number of hydrogen-bond donors (Lipinski definition) is 1. The zero-order valence-corrected chi connectivity index (χ0v) is 9.42. The fraction of sp³-hybridized carbons (Fsp3) is 0.143. The summed E-state index contributed by atoms with van der Waals surface area (Å²) in [4.78, 5) is 23.0. The van der Waals surface area contributed by atoms with Crippen LogP contribution in [0.4, 0.5) is 0 Å². The maximum atomic E-state index is 11.9. The predicted octanol–water partition coefficient (Wildman–Crippen LogP) is 1.68. The molecular formula is C14H10O4. The number of carbonyl (C=O) groups is 2. The Hall–Kier alpha value is -2.20. The molecule has 1 aliphatic heterocycles. The SMILES string of the molecule is O=Cc1cc2ccccc2c2c1CC(O)OC2=O. The Bertz CT molecular complexity index is 660. The summed E-state index contributed by atoms with van der Waals surface area (Å²) in [5.41, 5.74) is 1.38. The van der Waals surface area contributed by atoms with Crippen LogP contribution in [0.25, 0.3) is 10.8 Å². The Labute approximate surface area is 103 Å². The smallest absolute Gasteiger partial charge is 0.341 e. The molecule has 0 saturated carbocycles. The first-order chi connectivity index (χ1) is 8.70. The molecule has 0 saturated heterocycles. The van der Waals surface area contributed by atoms with Crippen molar-refractivity contribution in [2.75, 3.05) is 0 Å². The van der Waals surface area contributed by atoms with E-state index < -0.39 is 12.3 Å². The Morgan fingerprint density at radius 2 is 2.11 bits per heavy atom. The number of carbonyl (C=O) groups excluding carboxylic acids is 2. The maximum Gasteiger partial charge on any atom is 0.341 e. The van der Waals surface area contributed by atoms with E-state index in [4.69, 9.17) is 4.74 Å². The summed E-state index contributed by atoms with van der Waals surface area (Å²) >= 11 is 0. The molecule has 0 amide bonds. The highest BCUT2D eigenvalue weighted by Gasteiger charge is 2.28. The van der Waals surface area contributed by atoms with Crippen LogP contribution in [0.5, 0.6) is 0 Å². The van der Waals surface area contributed by atoms with Crippen LogP contribution in [0.15, 0.2) is 30.3 Å². The van der Waals surface area contributed by atoms with Crippen molar-refractivity contribution < 1.29 is 19.4 Å². The standard InChI is InChI=1S/C14H10O4/c15-7-9-5-8-3-1-2-4-10(8)13-11(9)6-12(16)18-14(13)17/h1-5,7,12,16H,6H2. The third kappa shape index (κ3) is 1.50. The molecule has 1 atom stereocenters. The van der Waals surface area contributed by atoms with E-state index >= 15 is 0 Å². The van der Waals surface area contributed by atoms with Gasteiger partial charge in [-0.25, -0.2) is 4.79 Å². The number of hydrogen-bond acceptors (Lipinski definition) is 4. The second kappa shape index (κ2) is 3.92. The van der Waals surface area contributed by atoms with Crippen LogP contribution in [0.3, 0.4) is 0 Å². The van der Waals surface area contributed by atoms with E-state index in [1.165, 1.54) is 0 Å². The number of benzene rings is 2. The van der Waals surface area contributed by atoms with E-state index in [0.717, 1.165) is 10.8 Å². The number of ether oxygens (including phenoxy) is 1. The second-order valence-corrected chi connectivity index (χ2v) is 4.22. The van der Waals surface area contributed by atoms with Crippen LogP contribution >= 0.6 is 0 Å². The van der Waals surface area contributed by atoms with Crippen molar-refractivity contribution in [2.24, 2.45) is 0 Å². The first-order valence-electron chi connectivity index (χ1n) is 5.59. The van der Waals surface area contributed by atoms with Gasteiger partial charge in [0.15, 0.2) is 0 Å². The molecule has 1 heterocycles. The minimum Gasteiger partial charge on any atom is -0.432 e. The van der Waals surface area contributed by atoms with E-state index in [2.05, 4.69) is 0 Å². The minimum atomic E-state index is -1.18. The first kappa shape index (κ1) is 10.9. The minimum absolute atomic E-state index is 0.153. The second-order valence-electron chi connectivity index (χ2n) is 4.22. The van der Waals surface area contributed by atoms with Gasteiger partial charge in [-0.15, -0.1) is 0 Å². The molecule has 4 nitrogen and oxygen atoms in total. The molecule has 1 N–H and O–H groups in total. The van der Waals surface area contributed by atoms with Crippen LogP contribution in [-0.2, 0) is 11.2 Å². The monoisotopic (exact) mass is 242 g/mol. The van der Waals surface area contributed by atoms with Crippen LogP contribution in [-0.4, -0.2) is 23.7 Å². The Kier molecular flexibility index (Phi) is 2.38. The fourth-order valence-corrected chi connectivity index (χ4v) is 2.37. The quantitative estimate of drug-likeness (QED) is 0.610. The molecular weight excluding hydrogens is 232 g/mol. The first-order valence-corrected chi connectivity index (χ1v) is 5.59. The fourth-order valence-electron chi connectivity index (χ4n) is 2.37. The lowest BCUT2D eigenvalue weighted by atomic mass is 9.91. The number of rotatable bonds is 1. The average molecular weight is 242 g/mol. The molecule has 0 aliphatic carbocycles. The normalized spacial score (nSPS) is 18.3. The van der Waals surface area contributed by atoms with Gasteiger partial charge in [-0.3, -0.25) is 4.79 Å². The van der Waals surface area contributed by atoms with Gasteiger partial charge in [0, 0.05) is 12.0 Å². The molecule has 3 rings (SSSR count). The zero-order valence-electron chi connectivity index (χ0n) is 9.42. The Morgan fingerprint density at radius 1 is 1.33 bits per heavy atom. The number of cyclic esters (lactones) is 1. The number of esters is 1. The van der Waals surface area contributed by atoms with Gasteiger partial charge in [-0.05, 0) is 22.4 Å². The lowest BCUT2D eigenvalue weighted by Crippen LogP contribution is -2.28. The van der Waals surface area contributed by atoms with Gasteiger partial charge in [-0.1, -0.05) is 24.3 Å². The zero-order chi connectivity index (χ0) is 12.7. The third-order valence-corrected chi connectivity index (χ3v) is 3.14. The molecule has 0 spiro atoms. The van der Waals surface area contributed by atoms with Crippen molar-refractivity contribution in [3.63, 3.8) is 0 Å². The summed E-state index contributed by atoms with van der Waals surface area (Å²) in [6, 6.07) is 9.03. The van der Waals surface area contributed by atoms with Crippen molar-refractivity contribution in [3.8, 4) is 0 Å². The van der Waals surface area contributed by atoms with Gasteiger partial charge in [0.25, 0.3) is 0 Å². The average Bonchev–Trinajstić information content (AvgIpc) is 2.37. The highest BCUT2D eigenvalue weighted by molar-refractivity contribution is 6.09. The van der Waals surface area contributed by atoms with Gasteiger partial charge in [-0.2, -0.15) is 0 Å². The van der Waals surface area contributed by atoms with E-state index in [0.29, 0.717) is 23.0 Å². The van der Waals surface area contributed by atoms with Gasteiger partial charge in [0.2, 0.25) is 6.29 Å². The summed E-state index contributed by atoms with van der Waals surface area (Å²) in [5.74, 6) is -0.580. The van der Waals surface area contributed by atoms with Crippen molar-refractivity contribution in [1.82, 2.24) is 0 Å². The molecule has 90 valence electrons. The van der Waals surface area contributed by atoms with Crippen molar-refractivity contribution >= 4 is 23.0 Å². The molecule has 4 heteroatoms. The van der Waals surface area contributed by atoms with Crippen LogP contribution < -0.4 is 0 Å². The summed E-state index contributed by atoms with van der Waals surface area (Å²) in [6.45, 7) is 0. The van der Waals surface area contributed by atoms with Gasteiger partial charge >= 0.3 is 5.97 Å². The lowest BCUT2D eigenvalue weighted by molar-refractivity contribution is -0.0685. The number of fused-ring (bicyclic) bond motifs is 3. The molecule has 0 fully saturated rings. The summed E-state index contributed by atoms with van der Waals surface area (Å²) in [7, 11) is 0. The molecule has 2 aromatic carbocycles. The number of aliphatic hydroxyl groups excluding tert-OH is 1. The van der Waals surface area contributed by atoms with E-state index in [1.54, 1.807) is 6.07 Å². The predicted molar refractivity (Wildman–Crippen MR) is 64.5 cm³/mol. The molecule has 0 aromatic heterocycles. The molecule has 1 unspecified atom stereocenters. The van der Waals surface area contributed by atoms with E-state index in [9.17, 15) is 14.7 Å². The van der Waals surface area contributed by atoms with E-state index in [1.807, 2.05) is 24.3 Å². The van der Waals surface area contributed by atoms with Crippen molar-refractivity contribution in [1.29, 1.82) is 0 Å². The number of aldehydes is 1. The molecule has 0 radical (unpaired) electrons. The van der Waals surface area contributed by atoms with Crippen molar-refractivity contribution in [2.45, 2.75) is 12.7 Å². The van der Waals surface area contributed by atoms with Gasteiger partial charge < -0.3 is 9.84 Å². The van der Waals surface area contributed by atoms with E-state index in [-0.39, 0.29) is 6.42 Å². The summed E-state index contributed by atoms with van der Waals surface area (Å²) in [5, 5.41) is 11.0.